The smallest absolute Gasteiger partial charge is 0.372 e. The summed E-state index contributed by atoms with van der Waals surface area (Å²) in [6.07, 6.45) is -0.865. The Morgan fingerprint density at radius 2 is 1.42 bits per heavy atom. The van der Waals surface area contributed by atoms with Crippen LogP contribution in [0.5, 0.6) is 0 Å². The molecular weight excluding hydrogens is 170 g/mol. The second-order valence-electron chi connectivity index (χ2n) is 1.62. The van der Waals surface area contributed by atoms with Gasteiger partial charge in [-0.05, 0) is 0 Å². The third-order valence-electron chi connectivity index (χ3n) is 0.804. The number of carboxylic acid groups (broad SMARTS) is 2. The van der Waals surface area contributed by atoms with Crippen LogP contribution in [0, 0.1) is 0 Å². The number of carbonyl (C=O) groups excluding carboxylic acids is 1. The monoisotopic (exact) mass is 179 g/mol. The van der Waals surface area contributed by atoms with E-state index in [0.717, 1.165) is 0 Å². The van der Waals surface area contributed by atoms with Crippen molar-refractivity contribution in [2.45, 2.75) is 12.8 Å². The third kappa shape index (κ3) is 8.53. The van der Waals surface area contributed by atoms with Gasteiger partial charge in [-0.3, -0.25) is 9.59 Å². The maximum atomic E-state index is 10.2. The fourth-order valence-corrected chi connectivity index (χ4v) is 0.327. The molecule has 0 heterocycles. The van der Waals surface area contributed by atoms with Crippen molar-refractivity contribution in [3.8, 4) is 0 Å². The van der Waals surface area contributed by atoms with Crippen molar-refractivity contribution in [3.05, 3.63) is 0 Å². The van der Waals surface area contributed by atoms with Gasteiger partial charge in [0, 0.05) is 6.42 Å². The van der Waals surface area contributed by atoms with E-state index in [0.29, 0.717) is 0 Å². The molecule has 5 N–H and O–H groups in total. The number of nitrogens with two attached hydrogens (primary N) is 1. The first-order valence-corrected chi connectivity index (χ1v) is 2.77. The Hall–Kier alpha value is -1.47. The molecule has 0 atom stereocenters. The molecule has 0 bridgehead atoms. The Labute approximate surface area is 67.4 Å². The predicted molar refractivity (Wildman–Crippen MR) is 35.5 cm³/mol. The third-order valence-corrected chi connectivity index (χ3v) is 0.804. The topological polar surface area (TPSA) is 138 Å². The molecular formula is C5H9NO6. The molecule has 70 valence electrons. The average Bonchev–Trinajstić information content (AvgIpc) is 2.03. The Balaban J connectivity index is 0. The zero-order chi connectivity index (χ0) is 10.1. The highest BCUT2D eigenvalue weighted by Crippen LogP contribution is 1.89. The Morgan fingerprint density at radius 3 is 1.67 bits per heavy atom. The Morgan fingerprint density at radius 1 is 1.00 bits per heavy atom. The zero-order valence-corrected chi connectivity index (χ0v) is 6.06. The molecule has 0 amide bonds. The van der Waals surface area contributed by atoms with Crippen LogP contribution >= 0.6 is 0 Å². The van der Waals surface area contributed by atoms with Gasteiger partial charge >= 0.3 is 11.9 Å². The van der Waals surface area contributed by atoms with Gasteiger partial charge in [-0.2, -0.15) is 0 Å². The molecule has 12 heavy (non-hydrogen) atoms. The summed E-state index contributed by atoms with van der Waals surface area (Å²) in [6, 6.07) is 0. The summed E-state index contributed by atoms with van der Waals surface area (Å²) in [7, 11) is 0. The molecule has 7 nitrogen and oxygen atoms in total. The molecule has 0 aromatic carbocycles. The van der Waals surface area contributed by atoms with Gasteiger partial charge in [-0.15, -0.1) is 0 Å². The molecule has 0 spiro atoms. The molecule has 0 aliphatic carbocycles. The normalized spacial score (nSPS) is 7.83. The molecule has 7 heteroatoms. The quantitative estimate of drug-likeness (QED) is 0.315. The standard InChI is InChI=1S/C5H6O5.H3NO/c6-3(5(9)10)1-2-4(7)8;1-2/h1-2H2,(H,7,8)(H,9,10);2H,1H2. The van der Waals surface area contributed by atoms with E-state index in [4.69, 9.17) is 15.4 Å². The van der Waals surface area contributed by atoms with E-state index < -0.39 is 30.6 Å². The molecule has 0 fully saturated rings. The number of rotatable bonds is 4. The highest BCUT2D eigenvalue weighted by Gasteiger charge is 2.12. The van der Waals surface area contributed by atoms with E-state index in [1.807, 2.05) is 0 Å². The fourth-order valence-electron chi connectivity index (χ4n) is 0.327. The number of carboxylic acids is 2. The number of hydrogen-bond acceptors (Lipinski definition) is 5. The van der Waals surface area contributed by atoms with Crippen molar-refractivity contribution < 1.29 is 29.8 Å². The van der Waals surface area contributed by atoms with Crippen LogP contribution < -0.4 is 5.90 Å². The molecule has 0 radical (unpaired) electrons. The molecule has 0 aliphatic heterocycles. The first-order valence-electron chi connectivity index (χ1n) is 2.77. The Bertz CT molecular complexity index is 177. The van der Waals surface area contributed by atoms with Crippen LogP contribution in [0.15, 0.2) is 0 Å². The van der Waals surface area contributed by atoms with Gasteiger partial charge in [0.2, 0.25) is 5.78 Å². The van der Waals surface area contributed by atoms with Gasteiger partial charge in [0.1, 0.15) is 0 Å². The number of carbonyl (C=O) groups is 3. The summed E-state index contributed by atoms with van der Waals surface area (Å²) < 4.78 is 0. The first-order chi connectivity index (χ1) is 5.54. The second kappa shape index (κ2) is 7.63. The maximum Gasteiger partial charge on any atom is 0.372 e. The summed E-state index contributed by atoms with van der Waals surface area (Å²) >= 11 is 0. The molecule has 0 aromatic heterocycles. The highest BCUT2D eigenvalue weighted by atomic mass is 16.4. The average molecular weight is 179 g/mol. The summed E-state index contributed by atoms with van der Waals surface area (Å²) in [4.78, 5) is 29.7. The van der Waals surface area contributed by atoms with Crippen LogP contribution in [0.2, 0.25) is 0 Å². The lowest BCUT2D eigenvalue weighted by molar-refractivity contribution is -0.149. The number of Topliss-reactive ketones (excluding diaryl/α,β-unsaturated/α-hetero) is 1. The first kappa shape index (κ1) is 13.1. The lowest BCUT2D eigenvalue weighted by Crippen LogP contribution is -2.13. The van der Waals surface area contributed by atoms with E-state index in [-0.39, 0.29) is 0 Å². The van der Waals surface area contributed by atoms with Gasteiger partial charge in [-0.25, -0.2) is 10.7 Å². The van der Waals surface area contributed by atoms with Crippen molar-refractivity contribution in [1.82, 2.24) is 0 Å². The minimum atomic E-state index is -1.58. The van der Waals surface area contributed by atoms with Gasteiger partial charge in [0.25, 0.3) is 0 Å². The lowest BCUT2D eigenvalue weighted by Gasteiger charge is -1.88. The van der Waals surface area contributed by atoms with Crippen molar-refractivity contribution in [2.24, 2.45) is 5.90 Å². The zero-order valence-electron chi connectivity index (χ0n) is 6.06. The summed E-state index contributed by atoms with van der Waals surface area (Å²) in [5.74, 6) is -0.321. The molecule has 0 saturated carbocycles. The van der Waals surface area contributed by atoms with E-state index in [1.54, 1.807) is 0 Å². The van der Waals surface area contributed by atoms with Crippen molar-refractivity contribution in [3.63, 3.8) is 0 Å². The molecule has 0 aliphatic rings. The van der Waals surface area contributed by atoms with Gasteiger partial charge in [-0.1, -0.05) is 0 Å². The largest absolute Gasteiger partial charge is 0.481 e. The minimum Gasteiger partial charge on any atom is -0.481 e. The van der Waals surface area contributed by atoms with Gasteiger partial charge < -0.3 is 15.4 Å². The number of hydrogen-bond donors (Lipinski definition) is 4. The number of aliphatic carboxylic acids is 2. The fraction of sp³-hybridized carbons (Fsp3) is 0.400. The molecule has 0 rings (SSSR count). The predicted octanol–water partition coefficient (Wildman–Crippen LogP) is -1.16. The van der Waals surface area contributed by atoms with Crippen molar-refractivity contribution >= 4 is 17.7 Å². The molecule has 0 aromatic rings. The van der Waals surface area contributed by atoms with Crippen molar-refractivity contribution in [1.29, 1.82) is 0 Å². The van der Waals surface area contributed by atoms with Crippen LogP contribution in [-0.4, -0.2) is 33.1 Å². The van der Waals surface area contributed by atoms with Gasteiger partial charge in [0.05, 0.1) is 6.42 Å². The van der Waals surface area contributed by atoms with Crippen LogP contribution in [0.4, 0.5) is 0 Å². The lowest BCUT2D eigenvalue weighted by atomic mass is 10.2. The van der Waals surface area contributed by atoms with E-state index in [9.17, 15) is 14.4 Å². The minimum absolute atomic E-state index is 0.425. The highest BCUT2D eigenvalue weighted by molar-refractivity contribution is 6.32. The van der Waals surface area contributed by atoms with Crippen molar-refractivity contribution in [2.75, 3.05) is 0 Å². The summed E-state index contributed by atoms with van der Waals surface area (Å²) in [5.41, 5.74) is 0. The van der Waals surface area contributed by atoms with E-state index in [1.165, 1.54) is 0 Å². The maximum absolute atomic E-state index is 10.2. The summed E-state index contributed by atoms with van der Waals surface area (Å²) in [6.45, 7) is 0. The Kier molecular flexibility index (Phi) is 8.36. The van der Waals surface area contributed by atoms with Crippen LogP contribution in [0.3, 0.4) is 0 Å². The molecule has 0 saturated heterocycles. The van der Waals surface area contributed by atoms with E-state index in [2.05, 4.69) is 5.90 Å². The number of ketones is 1. The van der Waals surface area contributed by atoms with Crippen LogP contribution in [0.1, 0.15) is 12.8 Å². The van der Waals surface area contributed by atoms with Crippen LogP contribution in [-0.2, 0) is 14.4 Å². The molecule has 0 unspecified atom stereocenters. The SMILES string of the molecule is NO.O=C(O)CCC(=O)C(=O)O. The van der Waals surface area contributed by atoms with Gasteiger partial charge in [0.15, 0.2) is 0 Å². The van der Waals surface area contributed by atoms with E-state index >= 15 is 0 Å². The summed E-state index contributed by atoms with van der Waals surface area (Å²) in [5, 5.41) is 22.5. The van der Waals surface area contributed by atoms with Crippen LogP contribution in [0.25, 0.3) is 0 Å². The second-order valence-corrected chi connectivity index (χ2v) is 1.62.